The van der Waals surface area contributed by atoms with Gasteiger partial charge in [-0.3, -0.25) is 13.9 Å². The van der Waals surface area contributed by atoms with Gasteiger partial charge in [-0.05, 0) is 62.2 Å². The Balaban J connectivity index is 1.27. The molecule has 4 aromatic rings. The van der Waals surface area contributed by atoms with Crippen LogP contribution in [0.4, 0.5) is 5.69 Å². The molecule has 0 radical (unpaired) electrons. The van der Waals surface area contributed by atoms with Gasteiger partial charge in [0, 0.05) is 58.4 Å². The number of aromatic nitrogens is 4. The van der Waals surface area contributed by atoms with Gasteiger partial charge in [-0.25, -0.2) is 9.78 Å². The minimum Gasteiger partial charge on any atom is -0.457 e. The number of imidazole rings is 1. The Labute approximate surface area is 215 Å². The maximum atomic E-state index is 12.9. The second kappa shape index (κ2) is 10.6. The highest BCUT2D eigenvalue weighted by atomic mass is 16.5. The maximum Gasteiger partial charge on any atom is 0.332 e. The second-order valence-corrected chi connectivity index (χ2v) is 9.31. The zero-order chi connectivity index (χ0) is 25.9. The fraction of sp³-hybridized carbons (Fsp3) is 0.393. The lowest BCUT2D eigenvalue weighted by atomic mass is 10.1. The molecule has 2 aromatic carbocycles. The third-order valence-electron chi connectivity index (χ3n) is 7.08. The van der Waals surface area contributed by atoms with Gasteiger partial charge in [0.25, 0.3) is 5.56 Å². The van der Waals surface area contributed by atoms with Crippen LogP contribution in [0.3, 0.4) is 0 Å². The normalized spacial score (nSPS) is 13.9. The van der Waals surface area contributed by atoms with Gasteiger partial charge < -0.3 is 19.5 Å². The molecule has 9 nitrogen and oxygen atoms in total. The lowest BCUT2D eigenvalue weighted by molar-refractivity contribution is 0.482. The highest BCUT2D eigenvalue weighted by Gasteiger charge is 2.18. The van der Waals surface area contributed by atoms with E-state index in [9.17, 15) is 9.59 Å². The van der Waals surface area contributed by atoms with Crippen LogP contribution < -0.4 is 26.2 Å². The average molecular weight is 503 g/mol. The Bertz CT molecular complexity index is 1490. The molecule has 37 heavy (non-hydrogen) atoms. The van der Waals surface area contributed by atoms with Crippen LogP contribution in [0.5, 0.6) is 11.5 Å². The largest absolute Gasteiger partial charge is 0.457 e. The number of rotatable bonds is 8. The summed E-state index contributed by atoms with van der Waals surface area (Å²) in [7, 11) is 1.85. The van der Waals surface area contributed by atoms with Crippen molar-refractivity contribution in [1.82, 2.24) is 24.0 Å². The van der Waals surface area contributed by atoms with Gasteiger partial charge in [-0.1, -0.05) is 12.1 Å². The van der Waals surface area contributed by atoms with Crippen molar-refractivity contribution >= 4 is 16.9 Å². The molecule has 5 rings (SSSR count). The first-order valence-corrected chi connectivity index (χ1v) is 13.0. The predicted molar refractivity (Wildman–Crippen MR) is 146 cm³/mol. The van der Waals surface area contributed by atoms with E-state index in [0.717, 1.165) is 55.5 Å². The Hall–Kier alpha value is -3.85. The summed E-state index contributed by atoms with van der Waals surface area (Å²) in [5.41, 5.74) is 2.72. The highest BCUT2D eigenvalue weighted by molar-refractivity contribution is 5.71. The van der Waals surface area contributed by atoms with Crippen molar-refractivity contribution in [2.24, 2.45) is 7.05 Å². The van der Waals surface area contributed by atoms with Crippen molar-refractivity contribution in [3.05, 3.63) is 80.8 Å². The first-order chi connectivity index (χ1) is 18.0. The summed E-state index contributed by atoms with van der Waals surface area (Å²) in [4.78, 5) is 32.7. The molecule has 1 saturated heterocycles. The molecule has 0 saturated carbocycles. The number of benzene rings is 2. The molecule has 3 heterocycles. The minimum absolute atomic E-state index is 0.282. The van der Waals surface area contributed by atoms with E-state index in [1.807, 2.05) is 49.7 Å². The van der Waals surface area contributed by atoms with Crippen LogP contribution in [-0.2, 0) is 33.0 Å². The summed E-state index contributed by atoms with van der Waals surface area (Å²) < 4.78 is 10.7. The lowest BCUT2D eigenvalue weighted by Gasteiger charge is -2.29. The number of nitrogens with one attached hydrogen (secondary N) is 1. The molecule has 0 unspecified atom stereocenters. The predicted octanol–water partition coefficient (Wildman–Crippen LogP) is 2.92. The Morgan fingerprint density at radius 2 is 1.49 bits per heavy atom. The molecule has 0 atom stereocenters. The molecule has 194 valence electrons. The SMILES string of the molecule is CCn1c(=O)c2c(nc(CCc3ccc(Oc4ccc(N5CCNCC5)cc4)cc3)n2C)n(CC)c1=O. The zero-order valence-electron chi connectivity index (χ0n) is 21.7. The molecule has 1 N–H and O–H groups in total. The fourth-order valence-corrected chi connectivity index (χ4v) is 4.96. The Morgan fingerprint density at radius 3 is 2.11 bits per heavy atom. The van der Waals surface area contributed by atoms with Crippen molar-refractivity contribution in [3.8, 4) is 11.5 Å². The number of anilines is 1. The first kappa shape index (κ1) is 24.8. The number of piperazine rings is 1. The van der Waals surface area contributed by atoms with Crippen LogP contribution in [0.15, 0.2) is 58.1 Å². The molecule has 0 amide bonds. The third kappa shape index (κ3) is 4.91. The standard InChI is InChI=1S/C28H34N6O3/c1-4-33-26-25(27(35)34(5-2)28(33)36)31(3)24(30-26)15-8-20-6-11-22(12-7-20)37-23-13-9-21(10-14-23)32-18-16-29-17-19-32/h6-7,9-14,29H,4-5,8,15-19H2,1-3H3. The van der Waals surface area contributed by atoms with Crippen LogP contribution in [0, 0.1) is 0 Å². The van der Waals surface area contributed by atoms with E-state index in [-0.39, 0.29) is 11.2 Å². The lowest BCUT2D eigenvalue weighted by Crippen LogP contribution is -2.43. The van der Waals surface area contributed by atoms with E-state index in [1.165, 1.54) is 10.3 Å². The number of nitrogens with zero attached hydrogens (tertiary/aromatic N) is 5. The number of aryl methyl sites for hydroxylation is 4. The Morgan fingerprint density at radius 1 is 0.865 bits per heavy atom. The first-order valence-electron chi connectivity index (χ1n) is 13.0. The number of hydrogen-bond acceptors (Lipinski definition) is 6. The molecule has 1 aliphatic rings. The fourth-order valence-electron chi connectivity index (χ4n) is 4.96. The average Bonchev–Trinajstić information content (AvgIpc) is 3.25. The second-order valence-electron chi connectivity index (χ2n) is 9.31. The Kier molecular flexibility index (Phi) is 7.14. The van der Waals surface area contributed by atoms with Gasteiger partial charge in [-0.15, -0.1) is 0 Å². The van der Waals surface area contributed by atoms with Crippen LogP contribution in [0.2, 0.25) is 0 Å². The summed E-state index contributed by atoms with van der Waals surface area (Å²) in [6.07, 6.45) is 1.41. The molecule has 9 heteroatoms. The smallest absolute Gasteiger partial charge is 0.332 e. The van der Waals surface area contributed by atoms with Gasteiger partial charge >= 0.3 is 5.69 Å². The van der Waals surface area contributed by atoms with Gasteiger partial charge in [0.15, 0.2) is 11.2 Å². The number of fused-ring (bicyclic) bond motifs is 1. The third-order valence-corrected chi connectivity index (χ3v) is 7.08. The molecule has 1 aliphatic heterocycles. The van der Waals surface area contributed by atoms with E-state index >= 15 is 0 Å². The summed E-state index contributed by atoms with van der Waals surface area (Å²) >= 11 is 0. The molecule has 1 fully saturated rings. The summed E-state index contributed by atoms with van der Waals surface area (Å²) in [5.74, 6) is 2.38. The van der Waals surface area contributed by atoms with E-state index in [1.54, 1.807) is 4.57 Å². The van der Waals surface area contributed by atoms with E-state index < -0.39 is 0 Å². The molecule has 0 aliphatic carbocycles. The zero-order valence-corrected chi connectivity index (χ0v) is 21.7. The number of hydrogen-bond donors (Lipinski definition) is 1. The van der Waals surface area contributed by atoms with Crippen molar-refractivity contribution in [3.63, 3.8) is 0 Å². The van der Waals surface area contributed by atoms with Crippen LogP contribution in [0.1, 0.15) is 25.2 Å². The molecule has 0 bridgehead atoms. The monoisotopic (exact) mass is 502 g/mol. The summed E-state index contributed by atoms with van der Waals surface area (Å²) in [6, 6.07) is 16.3. The van der Waals surface area contributed by atoms with Crippen molar-refractivity contribution in [2.45, 2.75) is 39.8 Å². The summed E-state index contributed by atoms with van der Waals surface area (Å²) in [6.45, 7) is 8.57. The van der Waals surface area contributed by atoms with Crippen LogP contribution in [-0.4, -0.2) is 44.9 Å². The van der Waals surface area contributed by atoms with E-state index in [2.05, 4.69) is 34.5 Å². The molecule has 2 aromatic heterocycles. The highest BCUT2D eigenvalue weighted by Crippen LogP contribution is 2.25. The van der Waals surface area contributed by atoms with E-state index in [4.69, 9.17) is 9.72 Å². The van der Waals surface area contributed by atoms with Gasteiger partial charge in [-0.2, -0.15) is 0 Å². The summed E-state index contributed by atoms with van der Waals surface area (Å²) in [5, 5.41) is 3.38. The molecular weight excluding hydrogens is 468 g/mol. The number of ether oxygens (including phenoxy) is 1. The van der Waals surface area contributed by atoms with Crippen molar-refractivity contribution in [2.75, 3.05) is 31.1 Å². The molecule has 0 spiro atoms. The molecular formula is C28H34N6O3. The maximum absolute atomic E-state index is 12.9. The van der Waals surface area contributed by atoms with Crippen molar-refractivity contribution < 1.29 is 4.74 Å². The topological polar surface area (TPSA) is 86.3 Å². The van der Waals surface area contributed by atoms with Gasteiger partial charge in [0.2, 0.25) is 0 Å². The van der Waals surface area contributed by atoms with Crippen molar-refractivity contribution in [1.29, 1.82) is 0 Å². The van der Waals surface area contributed by atoms with Crippen LogP contribution >= 0.6 is 0 Å². The van der Waals surface area contributed by atoms with Gasteiger partial charge in [0.1, 0.15) is 17.3 Å². The van der Waals surface area contributed by atoms with E-state index in [0.29, 0.717) is 30.7 Å². The minimum atomic E-state index is -0.304. The van der Waals surface area contributed by atoms with Gasteiger partial charge in [0.05, 0.1) is 0 Å². The van der Waals surface area contributed by atoms with Crippen LogP contribution in [0.25, 0.3) is 11.2 Å². The quantitative estimate of drug-likeness (QED) is 0.399.